The molecule has 23 heavy (non-hydrogen) atoms. The number of hydrogen-bond donors (Lipinski definition) is 0. The number of carbonyl (C=O) groups is 2. The lowest BCUT2D eigenvalue weighted by Crippen LogP contribution is -2.61. The Labute approximate surface area is 138 Å². The molecule has 1 spiro atoms. The number of rotatable bonds is 0. The second-order valence-corrected chi connectivity index (χ2v) is 10.2. The van der Waals surface area contributed by atoms with Gasteiger partial charge in [0, 0.05) is 17.3 Å². The minimum atomic E-state index is -0.491. The molecular weight excluding hydrogens is 288 g/mol. The van der Waals surface area contributed by atoms with Gasteiger partial charge < -0.3 is 4.74 Å². The van der Waals surface area contributed by atoms with Crippen molar-refractivity contribution in [3.05, 3.63) is 0 Å². The van der Waals surface area contributed by atoms with E-state index < -0.39 is 5.41 Å². The summed E-state index contributed by atoms with van der Waals surface area (Å²) < 4.78 is 6.24. The standard InChI is InChI=1S/C20H28O3/c1-17(2)13-7-8-20-9-11(19(4)16(20)23-19)5-6-14(20)18(13,3)10-12(21)15(17)22/h11,13-14,16H,5-10H2,1-4H3/t11-,13-,14+,16-,18-,19+,20-/m1/s1. The number of Topliss-reactive ketones (excluding diaryl/α,β-unsaturated/α-hetero) is 2. The van der Waals surface area contributed by atoms with Crippen molar-refractivity contribution < 1.29 is 14.3 Å². The topological polar surface area (TPSA) is 46.7 Å². The molecule has 2 bridgehead atoms. The molecule has 126 valence electrons. The van der Waals surface area contributed by atoms with E-state index in [1.165, 1.54) is 25.7 Å². The van der Waals surface area contributed by atoms with Crippen molar-refractivity contribution in [3.63, 3.8) is 0 Å². The second kappa shape index (κ2) is 3.76. The zero-order chi connectivity index (χ0) is 16.4. The van der Waals surface area contributed by atoms with E-state index in [1.807, 2.05) is 13.8 Å². The summed E-state index contributed by atoms with van der Waals surface area (Å²) in [4.78, 5) is 25.0. The maximum absolute atomic E-state index is 12.5. The molecule has 4 saturated carbocycles. The number of carbonyl (C=O) groups excluding carboxylic acids is 2. The van der Waals surface area contributed by atoms with Crippen molar-refractivity contribution in [2.75, 3.05) is 0 Å². The number of fused-ring (bicyclic) bond motifs is 5. The van der Waals surface area contributed by atoms with Crippen molar-refractivity contribution in [1.29, 1.82) is 0 Å². The van der Waals surface area contributed by atoms with E-state index in [2.05, 4.69) is 13.8 Å². The fourth-order valence-electron chi connectivity index (χ4n) is 8.11. The van der Waals surface area contributed by atoms with E-state index in [4.69, 9.17) is 4.74 Å². The van der Waals surface area contributed by atoms with Gasteiger partial charge in [0.05, 0.1) is 11.7 Å². The average molecular weight is 316 g/mol. The number of ketones is 2. The Morgan fingerprint density at radius 2 is 1.74 bits per heavy atom. The van der Waals surface area contributed by atoms with E-state index >= 15 is 0 Å². The lowest BCUT2D eigenvalue weighted by molar-refractivity contribution is -0.178. The maximum Gasteiger partial charge on any atom is 0.204 e. The summed E-state index contributed by atoms with van der Waals surface area (Å²) in [6.07, 6.45) is 6.93. The van der Waals surface area contributed by atoms with Crippen LogP contribution in [0.1, 0.15) is 66.2 Å². The van der Waals surface area contributed by atoms with Crippen LogP contribution in [0.15, 0.2) is 0 Å². The van der Waals surface area contributed by atoms with Gasteiger partial charge >= 0.3 is 0 Å². The molecule has 5 rings (SSSR count). The van der Waals surface area contributed by atoms with Gasteiger partial charge in [-0.15, -0.1) is 0 Å². The van der Waals surface area contributed by atoms with Crippen molar-refractivity contribution in [2.24, 2.45) is 34.0 Å². The number of hydrogen-bond acceptors (Lipinski definition) is 3. The summed E-state index contributed by atoms with van der Waals surface area (Å²) in [5, 5.41) is 0. The molecule has 1 aliphatic heterocycles. The summed E-state index contributed by atoms with van der Waals surface area (Å²) in [6, 6.07) is 0. The Hall–Kier alpha value is -0.700. The third-order valence-corrected chi connectivity index (χ3v) is 9.03. The molecule has 0 N–H and O–H groups in total. The third kappa shape index (κ3) is 1.40. The van der Waals surface area contributed by atoms with Crippen LogP contribution in [0.3, 0.4) is 0 Å². The minimum absolute atomic E-state index is 0.0189. The molecule has 4 aliphatic carbocycles. The van der Waals surface area contributed by atoms with E-state index in [0.717, 1.165) is 12.3 Å². The van der Waals surface area contributed by atoms with Crippen molar-refractivity contribution in [2.45, 2.75) is 77.9 Å². The molecule has 1 heterocycles. The molecule has 7 atom stereocenters. The van der Waals surface area contributed by atoms with Gasteiger partial charge in [-0.1, -0.05) is 20.8 Å². The Kier molecular flexibility index (Phi) is 2.39. The summed E-state index contributed by atoms with van der Waals surface area (Å²) in [6.45, 7) is 8.68. The highest BCUT2D eigenvalue weighted by Gasteiger charge is 2.79. The fraction of sp³-hybridized carbons (Fsp3) is 0.900. The van der Waals surface area contributed by atoms with Crippen molar-refractivity contribution in [3.8, 4) is 0 Å². The van der Waals surface area contributed by atoms with Gasteiger partial charge in [-0.25, -0.2) is 0 Å². The maximum atomic E-state index is 12.5. The highest BCUT2D eigenvalue weighted by molar-refractivity contribution is 6.39. The van der Waals surface area contributed by atoms with Gasteiger partial charge in [-0.05, 0) is 62.2 Å². The van der Waals surface area contributed by atoms with Gasteiger partial charge in [0.1, 0.15) is 0 Å². The van der Waals surface area contributed by atoms with Crippen LogP contribution in [0, 0.1) is 34.0 Å². The zero-order valence-corrected chi connectivity index (χ0v) is 14.8. The monoisotopic (exact) mass is 316 g/mol. The zero-order valence-electron chi connectivity index (χ0n) is 14.8. The van der Waals surface area contributed by atoms with Crippen LogP contribution in [-0.2, 0) is 14.3 Å². The summed E-state index contributed by atoms with van der Waals surface area (Å²) in [5.74, 6) is 1.38. The molecule has 5 aliphatic rings. The largest absolute Gasteiger partial charge is 0.365 e. The second-order valence-electron chi connectivity index (χ2n) is 10.2. The third-order valence-electron chi connectivity index (χ3n) is 9.03. The van der Waals surface area contributed by atoms with Crippen LogP contribution in [0.2, 0.25) is 0 Å². The van der Waals surface area contributed by atoms with E-state index in [9.17, 15) is 9.59 Å². The van der Waals surface area contributed by atoms with Gasteiger partial charge in [0.15, 0.2) is 5.78 Å². The quantitative estimate of drug-likeness (QED) is 0.507. The molecule has 0 aromatic rings. The van der Waals surface area contributed by atoms with Crippen LogP contribution in [-0.4, -0.2) is 23.3 Å². The lowest BCUT2D eigenvalue weighted by Gasteiger charge is -2.63. The average Bonchev–Trinajstić information content (AvgIpc) is 3.14. The first-order valence-electron chi connectivity index (χ1n) is 9.42. The first kappa shape index (κ1) is 14.6. The smallest absolute Gasteiger partial charge is 0.204 e. The van der Waals surface area contributed by atoms with Crippen molar-refractivity contribution in [1.82, 2.24) is 0 Å². The predicted octanol–water partition coefficient (Wildman–Crippen LogP) is 3.54. The van der Waals surface area contributed by atoms with E-state index in [0.29, 0.717) is 29.8 Å². The van der Waals surface area contributed by atoms with Crippen LogP contribution in [0.25, 0.3) is 0 Å². The molecule has 0 aromatic heterocycles. The Morgan fingerprint density at radius 3 is 2.48 bits per heavy atom. The van der Waals surface area contributed by atoms with E-state index in [1.54, 1.807) is 0 Å². The predicted molar refractivity (Wildman–Crippen MR) is 85.8 cm³/mol. The molecule has 3 heteroatoms. The van der Waals surface area contributed by atoms with Gasteiger partial charge in [-0.3, -0.25) is 9.59 Å². The SMILES string of the molecule is CC1(C)C(=O)C(=O)C[C@]2(C)[C@@H]1CC[C@@]13C[C@@H](CC[C@@H]21)[C@]1(C)O[C@@H]31. The van der Waals surface area contributed by atoms with Crippen LogP contribution >= 0.6 is 0 Å². The van der Waals surface area contributed by atoms with E-state index in [-0.39, 0.29) is 22.6 Å². The first-order chi connectivity index (χ1) is 10.7. The number of ether oxygens (including phenoxy) is 1. The summed E-state index contributed by atoms with van der Waals surface area (Å²) >= 11 is 0. The molecular formula is C20H28O3. The lowest BCUT2D eigenvalue weighted by atomic mass is 9.40. The Morgan fingerprint density at radius 1 is 1.00 bits per heavy atom. The molecule has 1 saturated heterocycles. The van der Waals surface area contributed by atoms with Crippen LogP contribution in [0.4, 0.5) is 0 Å². The van der Waals surface area contributed by atoms with Gasteiger partial charge in [0.25, 0.3) is 0 Å². The molecule has 0 aromatic carbocycles. The van der Waals surface area contributed by atoms with Crippen molar-refractivity contribution >= 4 is 11.6 Å². The Balaban J connectivity index is 1.61. The molecule has 0 radical (unpaired) electrons. The summed E-state index contributed by atoms with van der Waals surface area (Å²) in [7, 11) is 0. The molecule has 0 unspecified atom stereocenters. The van der Waals surface area contributed by atoms with Crippen LogP contribution < -0.4 is 0 Å². The van der Waals surface area contributed by atoms with Crippen LogP contribution in [0.5, 0.6) is 0 Å². The molecule has 5 fully saturated rings. The highest BCUT2D eigenvalue weighted by Crippen LogP contribution is 2.77. The minimum Gasteiger partial charge on any atom is -0.365 e. The number of epoxide rings is 1. The first-order valence-corrected chi connectivity index (χ1v) is 9.42. The summed E-state index contributed by atoms with van der Waals surface area (Å²) in [5.41, 5.74) is -0.0919. The van der Waals surface area contributed by atoms with Gasteiger partial charge in [-0.2, -0.15) is 0 Å². The molecule has 3 nitrogen and oxygen atoms in total. The molecule has 0 amide bonds. The highest BCUT2D eigenvalue weighted by atomic mass is 16.6. The van der Waals surface area contributed by atoms with Gasteiger partial charge in [0.2, 0.25) is 5.78 Å². The fourth-order valence-corrected chi connectivity index (χ4v) is 8.11. The Bertz CT molecular complexity index is 637. The normalized spacial score (nSPS) is 59.1.